The van der Waals surface area contributed by atoms with Gasteiger partial charge in [0.05, 0.1) is 5.75 Å². The SMILES string of the molecule is CC[C@H](C)c1ccc(NC(=O)CSc2nnc(-c3cccnc3)n2-c2ccc(Cl)cc2)cc1. The number of hydrogen-bond acceptors (Lipinski definition) is 5. The van der Waals surface area contributed by atoms with E-state index in [1.807, 2.05) is 53.1 Å². The average molecular weight is 478 g/mol. The lowest BCUT2D eigenvalue weighted by Gasteiger charge is -2.11. The highest BCUT2D eigenvalue weighted by molar-refractivity contribution is 7.99. The zero-order chi connectivity index (χ0) is 23.2. The van der Waals surface area contributed by atoms with Gasteiger partial charge in [0.1, 0.15) is 0 Å². The summed E-state index contributed by atoms with van der Waals surface area (Å²) >= 11 is 7.40. The molecule has 8 heteroatoms. The molecule has 0 saturated carbocycles. The van der Waals surface area contributed by atoms with Crippen molar-refractivity contribution in [1.29, 1.82) is 0 Å². The fourth-order valence-electron chi connectivity index (χ4n) is 3.33. The average Bonchev–Trinajstić information content (AvgIpc) is 3.28. The first kappa shape index (κ1) is 23.0. The third-order valence-corrected chi connectivity index (χ3v) is 6.53. The number of rotatable bonds is 8. The minimum absolute atomic E-state index is 0.107. The minimum Gasteiger partial charge on any atom is -0.325 e. The maximum absolute atomic E-state index is 12.6. The second-order valence-corrected chi connectivity index (χ2v) is 9.01. The van der Waals surface area contributed by atoms with E-state index in [2.05, 4.69) is 46.5 Å². The lowest BCUT2D eigenvalue weighted by atomic mass is 9.99. The molecule has 0 aliphatic rings. The Balaban J connectivity index is 1.51. The van der Waals surface area contributed by atoms with Crippen molar-refractivity contribution in [3.05, 3.63) is 83.6 Å². The predicted molar refractivity (Wildman–Crippen MR) is 134 cm³/mol. The van der Waals surface area contributed by atoms with Gasteiger partial charge in [-0.2, -0.15) is 0 Å². The van der Waals surface area contributed by atoms with E-state index in [1.165, 1.54) is 17.3 Å². The highest BCUT2D eigenvalue weighted by atomic mass is 35.5. The number of nitrogens with one attached hydrogen (secondary N) is 1. The van der Waals surface area contributed by atoms with Crippen molar-refractivity contribution in [2.45, 2.75) is 31.3 Å². The molecule has 6 nitrogen and oxygen atoms in total. The van der Waals surface area contributed by atoms with Crippen LogP contribution in [0.25, 0.3) is 17.1 Å². The highest BCUT2D eigenvalue weighted by Gasteiger charge is 2.17. The van der Waals surface area contributed by atoms with Crippen LogP contribution in [0.5, 0.6) is 0 Å². The molecule has 2 heterocycles. The summed E-state index contributed by atoms with van der Waals surface area (Å²) in [5.41, 5.74) is 3.73. The van der Waals surface area contributed by atoms with Crippen LogP contribution in [0.1, 0.15) is 31.7 Å². The van der Waals surface area contributed by atoms with Crippen LogP contribution < -0.4 is 5.32 Å². The molecule has 4 aromatic rings. The van der Waals surface area contributed by atoms with Gasteiger partial charge in [0.2, 0.25) is 5.91 Å². The molecular weight excluding hydrogens is 454 g/mol. The van der Waals surface area contributed by atoms with Crippen LogP contribution in [0.4, 0.5) is 5.69 Å². The molecule has 2 aromatic heterocycles. The summed E-state index contributed by atoms with van der Waals surface area (Å²) in [6.07, 6.45) is 4.53. The first-order valence-corrected chi connectivity index (χ1v) is 12.1. The third-order valence-electron chi connectivity index (χ3n) is 5.35. The van der Waals surface area contributed by atoms with Crippen LogP contribution in [0.15, 0.2) is 78.2 Å². The first-order chi connectivity index (χ1) is 16.0. The molecule has 2 aromatic carbocycles. The number of anilines is 1. The van der Waals surface area contributed by atoms with E-state index in [9.17, 15) is 4.79 Å². The summed E-state index contributed by atoms with van der Waals surface area (Å²) in [5, 5.41) is 12.9. The van der Waals surface area contributed by atoms with Gasteiger partial charge in [-0.05, 0) is 66.4 Å². The van der Waals surface area contributed by atoms with Crippen LogP contribution in [0.2, 0.25) is 5.02 Å². The molecule has 0 spiro atoms. The number of benzene rings is 2. The molecule has 33 heavy (non-hydrogen) atoms. The molecule has 4 rings (SSSR count). The van der Waals surface area contributed by atoms with Gasteiger partial charge in [0, 0.05) is 34.4 Å². The van der Waals surface area contributed by atoms with Crippen LogP contribution in [0.3, 0.4) is 0 Å². The summed E-state index contributed by atoms with van der Waals surface area (Å²) in [7, 11) is 0. The van der Waals surface area contributed by atoms with Gasteiger partial charge in [0.15, 0.2) is 11.0 Å². The highest BCUT2D eigenvalue weighted by Crippen LogP contribution is 2.28. The molecule has 0 fully saturated rings. The summed E-state index contributed by atoms with van der Waals surface area (Å²) in [6.45, 7) is 4.36. The maximum Gasteiger partial charge on any atom is 0.234 e. The number of hydrogen-bond donors (Lipinski definition) is 1. The van der Waals surface area contributed by atoms with Crippen LogP contribution in [-0.4, -0.2) is 31.4 Å². The number of pyridine rings is 1. The lowest BCUT2D eigenvalue weighted by molar-refractivity contribution is -0.113. The molecule has 1 N–H and O–H groups in total. The van der Waals surface area contributed by atoms with Crippen LogP contribution in [0, 0.1) is 0 Å². The quantitative estimate of drug-likeness (QED) is 0.304. The number of nitrogens with zero attached hydrogens (tertiary/aromatic N) is 4. The number of aromatic nitrogens is 4. The lowest BCUT2D eigenvalue weighted by Crippen LogP contribution is -2.14. The van der Waals surface area contributed by atoms with E-state index in [1.54, 1.807) is 12.4 Å². The fraction of sp³-hybridized carbons (Fsp3) is 0.200. The summed E-state index contributed by atoms with van der Waals surface area (Å²) in [5.74, 6) is 1.24. The molecule has 0 bridgehead atoms. The Labute approximate surface area is 202 Å². The topological polar surface area (TPSA) is 72.7 Å². The second-order valence-electron chi connectivity index (χ2n) is 7.63. The molecule has 1 atom stereocenters. The predicted octanol–water partition coefficient (Wildman–Crippen LogP) is 6.23. The van der Waals surface area contributed by atoms with Crippen molar-refractivity contribution in [3.8, 4) is 17.1 Å². The van der Waals surface area contributed by atoms with Gasteiger partial charge < -0.3 is 5.32 Å². The van der Waals surface area contributed by atoms with Crippen LogP contribution >= 0.6 is 23.4 Å². The Morgan fingerprint density at radius 3 is 2.52 bits per heavy atom. The maximum atomic E-state index is 12.6. The van der Waals surface area contributed by atoms with E-state index < -0.39 is 0 Å². The van der Waals surface area contributed by atoms with Crippen molar-refractivity contribution >= 4 is 35.0 Å². The molecule has 0 saturated heterocycles. The van der Waals surface area contributed by atoms with Gasteiger partial charge in [-0.15, -0.1) is 10.2 Å². The van der Waals surface area contributed by atoms with Crippen LogP contribution in [-0.2, 0) is 4.79 Å². The smallest absolute Gasteiger partial charge is 0.234 e. The Morgan fingerprint density at radius 2 is 1.85 bits per heavy atom. The summed E-state index contributed by atoms with van der Waals surface area (Å²) in [4.78, 5) is 16.8. The molecule has 1 amide bonds. The number of carbonyl (C=O) groups is 1. The largest absolute Gasteiger partial charge is 0.325 e. The zero-order valence-corrected chi connectivity index (χ0v) is 20.0. The Bertz CT molecular complexity index is 1210. The minimum atomic E-state index is -0.107. The van der Waals surface area contributed by atoms with Crippen molar-refractivity contribution in [1.82, 2.24) is 19.7 Å². The molecule has 0 unspecified atom stereocenters. The number of carbonyl (C=O) groups excluding carboxylic acids is 1. The van der Waals surface area contributed by atoms with Crippen molar-refractivity contribution in [2.24, 2.45) is 0 Å². The zero-order valence-electron chi connectivity index (χ0n) is 18.4. The summed E-state index contributed by atoms with van der Waals surface area (Å²) in [6, 6.07) is 19.2. The normalized spacial score (nSPS) is 11.8. The van der Waals surface area contributed by atoms with E-state index in [0.29, 0.717) is 21.9 Å². The molecule has 0 aliphatic carbocycles. The van der Waals surface area contributed by atoms with E-state index in [-0.39, 0.29) is 11.7 Å². The van der Waals surface area contributed by atoms with Gasteiger partial charge in [0.25, 0.3) is 0 Å². The molecule has 0 radical (unpaired) electrons. The summed E-state index contributed by atoms with van der Waals surface area (Å²) < 4.78 is 1.91. The van der Waals surface area contributed by atoms with E-state index in [0.717, 1.165) is 23.4 Å². The third kappa shape index (κ3) is 5.61. The number of thioether (sulfide) groups is 1. The Hall–Kier alpha value is -3.16. The fourth-order valence-corrected chi connectivity index (χ4v) is 4.20. The van der Waals surface area contributed by atoms with Gasteiger partial charge >= 0.3 is 0 Å². The van der Waals surface area contributed by atoms with Gasteiger partial charge in [-0.3, -0.25) is 14.3 Å². The monoisotopic (exact) mass is 477 g/mol. The van der Waals surface area contributed by atoms with Gasteiger partial charge in [-0.1, -0.05) is 49.3 Å². The standard InChI is InChI=1S/C25H24ClN5OS/c1-3-17(2)18-6-10-21(11-7-18)28-23(32)16-33-25-30-29-24(19-5-4-14-27-15-19)31(25)22-12-8-20(26)9-13-22/h4-15,17H,3,16H2,1-2H3,(H,28,32)/t17-/m0/s1. The Kier molecular flexibility index (Phi) is 7.42. The molecule has 168 valence electrons. The van der Waals surface area contributed by atoms with E-state index in [4.69, 9.17) is 11.6 Å². The van der Waals surface area contributed by atoms with E-state index >= 15 is 0 Å². The van der Waals surface area contributed by atoms with Gasteiger partial charge in [-0.25, -0.2) is 0 Å². The van der Waals surface area contributed by atoms with Crippen molar-refractivity contribution < 1.29 is 4.79 Å². The number of amides is 1. The van der Waals surface area contributed by atoms with Crippen molar-refractivity contribution in [2.75, 3.05) is 11.1 Å². The first-order valence-electron chi connectivity index (χ1n) is 10.7. The molecule has 0 aliphatic heterocycles. The number of halogens is 1. The Morgan fingerprint density at radius 1 is 1.09 bits per heavy atom. The van der Waals surface area contributed by atoms with Crippen molar-refractivity contribution in [3.63, 3.8) is 0 Å². The second kappa shape index (κ2) is 10.6. The molecular formula is C25H24ClN5OS.